The summed E-state index contributed by atoms with van der Waals surface area (Å²) in [5.41, 5.74) is 2.50. The predicted octanol–water partition coefficient (Wildman–Crippen LogP) is 2.74. The predicted molar refractivity (Wildman–Crippen MR) is 88.2 cm³/mol. The topological polar surface area (TPSA) is 69.0 Å². The highest BCUT2D eigenvalue weighted by atomic mass is 16.5. The molecule has 1 aliphatic rings. The molecule has 0 aliphatic carbocycles. The summed E-state index contributed by atoms with van der Waals surface area (Å²) in [6.07, 6.45) is 0. The lowest BCUT2D eigenvalue weighted by Crippen LogP contribution is -2.41. The molecule has 1 amide bonds. The second-order valence-electron chi connectivity index (χ2n) is 5.58. The molecule has 0 unspecified atom stereocenters. The van der Waals surface area contributed by atoms with Crippen molar-refractivity contribution in [1.82, 2.24) is 0 Å². The molecular weight excluding hydrogens is 310 g/mol. The number of furan rings is 1. The van der Waals surface area contributed by atoms with E-state index in [-0.39, 0.29) is 12.5 Å². The number of hydrogen-bond acceptors (Lipinski definition) is 5. The van der Waals surface area contributed by atoms with Crippen molar-refractivity contribution in [3.05, 3.63) is 42.0 Å². The van der Waals surface area contributed by atoms with Crippen LogP contribution in [-0.4, -0.2) is 38.7 Å². The molecule has 2 aromatic carbocycles. The molecule has 2 heterocycles. The van der Waals surface area contributed by atoms with Crippen LogP contribution in [0.3, 0.4) is 0 Å². The Balaban J connectivity index is 1.80. The van der Waals surface area contributed by atoms with Crippen molar-refractivity contribution >= 4 is 39.5 Å². The molecule has 0 saturated carbocycles. The van der Waals surface area contributed by atoms with E-state index < -0.39 is 5.97 Å². The smallest absolute Gasteiger partial charge is 0.337 e. The summed E-state index contributed by atoms with van der Waals surface area (Å²) >= 11 is 0. The molecule has 0 radical (unpaired) electrons. The zero-order valence-corrected chi connectivity index (χ0v) is 13.1. The van der Waals surface area contributed by atoms with Gasteiger partial charge in [-0.2, -0.15) is 0 Å². The number of carbonyl (C=O) groups excluding carboxylic acids is 2. The summed E-state index contributed by atoms with van der Waals surface area (Å²) in [7, 11) is 1.34. The second kappa shape index (κ2) is 5.65. The number of rotatable bonds is 2. The van der Waals surface area contributed by atoms with Gasteiger partial charge in [-0.05, 0) is 30.3 Å². The van der Waals surface area contributed by atoms with E-state index in [1.54, 1.807) is 17.0 Å². The summed E-state index contributed by atoms with van der Waals surface area (Å²) in [5, 5.41) is 1.85. The highest BCUT2D eigenvalue weighted by Crippen LogP contribution is 2.32. The molecule has 1 aliphatic heterocycles. The van der Waals surface area contributed by atoms with Gasteiger partial charge in [0.15, 0.2) is 0 Å². The number of ether oxygens (including phenoxy) is 2. The van der Waals surface area contributed by atoms with Crippen LogP contribution in [0.15, 0.2) is 40.8 Å². The highest BCUT2D eigenvalue weighted by molar-refractivity contribution is 6.08. The van der Waals surface area contributed by atoms with Crippen LogP contribution in [0, 0.1) is 0 Å². The lowest BCUT2D eigenvalue weighted by atomic mass is 10.1. The van der Waals surface area contributed by atoms with Crippen LogP contribution >= 0.6 is 0 Å². The lowest BCUT2D eigenvalue weighted by Gasteiger charge is -2.26. The van der Waals surface area contributed by atoms with Gasteiger partial charge >= 0.3 is 5.97 Å². The van der Waals surface area contributed by atoms with Crippen LogP contribution in [-0.2, 0) is 14.3 Å². The normalized spacial score (nSPS) is 15.2. The number of methoxy groups -OCH3 is 1. The quantitative estimate of drug-likeness (QED) is 0.678. The van der Waals surface area contributed by atoms with Crippen molar-refractivity contribution < 1.29 is 23.5 Å². The standard InChI is InChI=1S/C18H15NO5/c1-22-18(21)11-2-4-13-14-5-3-12(9-16(14)24-15(13)8-11)19-6-7-23-10-17(19)20/h2-5,8-9H,6-7,10H2,1H3. The lowest BCUT2D eigenvalue weighted by molar-refractivity contribution is -0.125. The average Bonchev–Trinajstić information content (AvgIpc) is 2.98. The average molecular weight is 325 g/mol. The van der Waals surface area contributed by atoms with Gasteiger partial charge in [-0.3, -0.25) is 4.79 Å². The van der Waals surface area contributed by atoms with Gasteiger partial charge in [0.05, 0.1) is 19.3 Å². The molecule has 3 aromatic rings. The van der Waals surface area contributed by atoms with E-state index >= 15 is 0 Å². The zero-order chi connectivity index (χ0) is 16.7. The summed E-state index contributed by atoms with van der Waals surface area (Å²) in [4.78, 5) is 25.3. The molecule has 4 rings (SSSR count). The number of carbonyl (C=O) groups is 2. The van der Waals surface area contributed by atoms with Crippen LogP contribution in [0.5, 0.6) is 0 Å². The molecule has 1 aromatic heterocycles. The number of nitrogens with zero attached hydrogens (tertiary/aromatic N) is 1. The SMILES string of the molecule is COC(=O)c1ccc2c(c1)oc1cc(N3CCOCC3=O)ccc12. The van der Waals surface area contributed by atoms with Gasteiger partial charge in [0.2, 0.25) is 0 Å². The first kappa shape index (κ1) is 14.7. The molecule has 0 atom stereocenters. The first-order chi connectivity index (χ1) is 11.7. The molecule has 6 nitrogen and oxygen atoms in total. The van der Waals surface area contributed by atoms with E-state index in [0.29, 0.717) is 29.9 Å². The van der Waals surface area contributed by atoms with Gasteiger partial charge in [-0.1, -0.05) is 0 Å². The summed E-state index contributed by atoms with van der Waals surface area (Å²) in [6.45, 7) is 1.14. The minimum Gasteiger partial charge on any atom is -0.465 e. The van der Waals surface area contributed by atoms with Gasteiger partial charge in [-0.25, -0.2) is 4.79 Å². The third-order valence-corrected chi connectivity index (χ3v) is 4.18. The van der Waals surface area contributed by atoms with Gasteiger partial charge in [-0.15, -0.1) is 0 Å². The molecule has 122 valence electrons. The van der Waals surface area contributed by atoms with Gasteiger partial charge in [0.1, 0.15) is 17.8 Å². The van der Waals surface area contributed by atoms with Gasteiger partial charge in [0, 0.05) is 29.1 Å². The summed E-state index contributed by atoms with van der Waals surface area (Å²) in [6, 6.07) is 10.9. The Morgan fingerprint density at radius 3 is 2.62 bits per heavy atom. The summed E-state index contributed by atoms with van der Waals surface area (Å²) < 4.78 is 15.8. The van der Waals surface area contributed by atoms with Crippen molar-refractivity contribution in [3.8, 4) is 0 Å². The molecule has 0 bridgehead atoms. The maximum absolute atomic E-state index is 12.0. The fraction of sp³-hybridized carbons (Fsp3) is 0.222. The van der Waals surface area contributed by atoms with E-state index in [1.165, 1.54) is 7.11 Å². The Bertz CT molecular complexity index is 959. The fourth-order valence-electron chi connectivity index (χ4n) is 2.97. The Hall–Kier alpha value is -2.86. The van der Waals surface area contributed by atoms with Gasteiger partial charge < -0.3 is 18.8 Å². The molecule has 0 N–H and O–H groups in total. The van der Waals surface area contributed by atoms with E-state index in [4.69, 9.17) is 13.9 Å². The van der Waals surface area contributed by atoms with Crippen LogP contribution in [0.4, 0.5) is 5.69 Å². The van der Waals surface area contributed by atoms with E-state index in [1.807, 2.05) is 24.3 Å². The monoisotopic (exact) mass is 325 g/mol. The maximum Gasteiger partial charge on any atom is 0.337 e. The largest absolute Gasteiger partial charge is 0.465 e. The number of anilines is 1. The zero-order valence-electron chi connectivity index (χ0n) is 13.1. The molecule has 6 heteroatoms. The van der Waals surface area contributed by atoms with Crippen molar-refractivity contribution in [2.45, 2.75) is 0 Å². The Morgan fingerprint density at radius 1 is 1.12 bits per heavy atom. The Kier molecular flexibility index (Phi) is 3.46. The first-order valence-corrected chi connectivity index (χ1v) is 7.60. The number of benzene rings is 2. The third kappa shape index (κ3) is 2.32. The molecule has 1 saturated heterocycles. The van der Waals surface area contributed by atoms with Crippen molar-refractivity contribution in [1.29, 1.82) is 0 Å². The van der Waals surface area contributed by atoms with Crippen LogP contribution in [0.2, 0.25) is 0 Å². The number of morpholine rings is 1. The number of hydrogen-bond donors (Lipinski definition) is 0. The van der Waals surface area contributed by atoms with Gasteiger partial charge in [0.25, 0.3) is 5.91 Å². The molecule has 0 spiro atoms. The Morgan fingerprint density at radius 2 is 1.88 bits per heavy atom. The van der Waals surface area contributed by atoms with Crippen LogP contribution < -0.4 is 4.90 Å². The molecule has 24 heavy (non-hydrogen) atoms. The number of amides is 1. The summed E-state index contributed by atoms with van der Waals surface area (Å²) in [5.74, 6) is -0.471. The number of fused-ring (bicyclic) bond motifs is 3. The first-order valence-electron chi connectivity index (χ1n) is 7.60. The fourth-order valence-corrected chi connectivity index (χ4v) is 2.97. The van der Waals surface area contributed by atoms with E-state index in [2.05, 4.69) is 0 Å². The third-order valence-electron chi connectivity index (χ3n) is 4.18. The van der Waals surface area contributed by atoms with Crippen LogP contribution in [0.25, 0.3) is 21.9 Å². The van der Waals surface area contributed by atoms with Crippen molar-refractivity contribution in [3.63, 3.8) is 0 Å². The minimum absolute atomic E-state index is 0.0651. The highest BCUT2D eigenvalue weighted by Gasteiger charge is 2.21. The maximum atomic E-state index is 12.0. The van der Waals surface area contributed by atoms with E-state index in [9.17, 15) is 9.59 Å². The molecule has 1 fully saturated rings. The van der Waals surface area contributed by atoms with Crippen LogP contribution in [0.1, 0.15) is 10.4 Å². The van der Waals surface area contributed by atoms with E-state index in [0.717, 1.165) is 16.5 Å². The second-order valence-corrected chi connectivity index (χ2v) is 5.58. The van der Waals surface area contributed by atoms with Crippen molar-refractivity contribution in [2.24, 2.45) is 0 Å². The van der Waals surface area contributed by atoms with Crippen molar-refractivity contribution in [2.75, 3.05) is 31.8 Å². The molecular formula is C18H15NO5. The minimum atomic E-state index is -0.406. The Labute approximate surface area is 137 Å². The number of esters is 1.